The van der Waals surface area contributed by atoms with Crippen LogP contribution in [0.3, 0.4) is 0 Å². The number of carbonyl (C=O) groups excluding carboxylic acids is 2. The van der Waals surface area contributed by atoms with E-state index in [2.05, 4.69) is 4.90 Å². The van der Waals surface area contributed by atoms with Crippen molar-refractivity contribution in [1.29, 1.82) is 0 Å². The smallest absolute Gasteiger partial charge is 0.253 e. The van der Waals surface area contributed by atoms with Crippen LogP contribution in [0.1, 0.15) is 29.6 Å². The van der Waals surface area contributed by atoms with Crippen LogP contribution in [0.25, 0.3) is 0 Å². The number of hydrogen-bond acceptors (Lipinski definition) is 3. The first-order chi connectivity index (χ1) is 11.6. The second kappa shape index (κ2) is 7.99. The Labute approximate surface area is 148 Å². The molecule has 2 amide bonds. The molecule has 1 aromatic carbocycles. The molecule has 3 rings (SSSR count). The number of benzene rings is 1. The highest BCUT2D eigenvalue weighted by Crippen LogP contribution is 2.14. The van der Waals surface area contributed by atoms with Gasteiger partial charge in [0.15, 0.2) is 0 Å². The lowest BCUT2D eigenvalue weighted by Crippen LogP contribution is -2.51. The van der Waals surface area contributed by atoms with Gasteiger partial charge in [-0.15, -0.1) is 0 Å². The van der Waals surface area contributed by atoms with E-state index in [-0.39, 0.29) is 11.8 Å². The molecule has 0 radical (unpaired) electrons. The number of rotatable bonds is 4. The lowest BCUT2D eigenvalue weighted by molar-refractivity contribution is -0.133. The van der Waals surface area contributed by atoms with E-state index < -0.39 is 0 Å². The minimum absolute atomic E-state index is 0.0100. The van der Waals surface area contributed by atoms with Crippen molar-refractivity contribution >= 4 is 23.4 Å². The highest BCUT2D eigenvalue weighted by atomic mass is 35.5. The van der Waals surface area contributed by atoms with Crippen molar-refractivity contribution in [3.8, 4) is 0 Å². The van der Waals surface area contributed by atoms with Gasteiger partial charge in [-0.05, 0) is 50.2 Å². The number of nitrogens with zero attached hydrogens (tertiary/aromatic N) is 3. The summed E-state index contributed by atoms with van der Waals surface area (Å²) in [4.78, 5) is 30.8. The Kier molecular flexibility index (Phi) is 5.74. The molecule has 2 aliphatic heterocycles. The van der Waals surface area contributed by atoms with Crippen molar-refractivity contribution in [1.82, 2.24) is 14.7 Å². The third kappa shape index (κ3) is 4.28. The normalized spacial score (nSPS) is 18.9. The lowest BCUT2D eigenvalue weighted by Gasteiger charge is -2.35. The number of amides is 2. The molecule has 0 aliphatic carbocycles. The molecular weight excluding hydrogens is 326 g/mol. The molecule has 2 saturated heterocycles. The number of halogens is 1. The summed E-state index contributed by atoms with van der Waals surface area (Å²) in [6.45, 7) is 5.54. The van der Waals surface area contributed by atoms with Crippen LogP contribution in [0.5, 0.6) is 0 Å². The Balaban J connectivity index is 1.45. The summed E-state index contributed by atoms with van der Waals surface area (Å²) in [5, 5.41) is 0.625. The average Bonchev–Trinajstić information content (AvgIpc) is 3.13. The Morgan fingerprint density at radius 2 is 1.46 bits per heavy atom. The third-order valence-electron chi connectivity index (χ3n) is 4.85. The molecule has 6 heteroatoms. The second-order valence-electron chi connectivity index (χ2n) is 6.48. The zero-order valence-electron chi connectivity index (χ0n) is 13.9. The van der Waals surface area contributed by atoms with Crippen LogP contribution in [0.4, 0.5) is 0 Å². The van der Waals surface area contributed by atoms with Crippen molar-refractivity contribution in [2.24, 2.45) is 0 Å². The minimum atomic E-state index is 0.0100. The van der Waals surface area contributed by atoms with Crippen LogP contribution >= 0.6 is 11.6 Å². The molecule has 0 saturated carbocycles. The molecule has 2 heterocycles. The molecule has 0 N–H and O–H groups in total. The summed E-state index contributed by atoms with van der Waals surface area (Å²) in [5.41, 5.74) is 0.646. The highest BCUT2D eigenvalue weighted by Gasteiger charge is 2.25. The Hall–Kier alpha value is -1.59. The van der Waals surface area contributed by atoms with Gasteiger partial charge in [0.05, 0.1) is 0 Å². The van der Waals surface area contributed by atoms with Crippen LogP contribution in [-0.2, 0) is 4.79 Å². The molecule has 0 atom stereocenters. The van der Waals surface area contributed by atoms with E-state index in [1.165, 1.54) is 12.8 Å². The number of hydrogen-bond donors (Lipinski definition) is 0. The van der Waals surface area contributed by atoms with Gasteiger partial charge in [-0.3, -0.25) is 9.59 Å². The first-order valence-corrected chi connectivity index (χ1v) is 9.06. The Bertz CT molecular complexity index is 576. The molecule has 1 aromatic rings. The van der Waals surface area contributed by atoms with Crippen LogP contribution < -0.4 is 0 Å². The van der Waals surface area contributed by atoms with Gasteiger partial charge in [0, 0.05) is 49.7 Å². The summed E-state index contributed by atoms with van der Waals surface area (Å²) in [5.74, 6) is 0.219. The van der Waals surface area contributed by atoms with Crippen LogP contribution in [0, 0.1) is 0 Å². The predicted octanol–water partition coefficient (Wildman–Crippen LogP) is 2.11. The fourth-order valence-corrected chi connectivity index (χ4v) is 3.48. The van der Waals surface area contributed by atoms with Crippen molar-refractivity contribution in [3.05, 3.63) is 34.9 Å². The van der Waals surface area contributed by atoms with Crippen molar-refractivity contribution in [2.75, 3.05) is 45.8 Å². The van der Waals surface area contributed by atoms with E-state index in [4.69, 9.17) is 11.6 Å². The first-order valence-electron chi connectivity index (χ1n) is 8.68. The fraction of sp³-hybridized carbons (Fsp3) is 0.556. The molecule has 0 spiro atoms. The number of carbonyl (C=O) groups is 2. The van der Waals surface area contributed by atoms with Gasteiger partial charge < -0.3 is 14.7 Å². The van der Waals surface area contributed by atoms with Gasteiger partial charge in [0.1, 0.15) is 0 Å². The monoisotopic (exact) mass is 349 g/mol. The van der Waals surface area contributed by atoms with E-state index in [0.29, 0.717) is 43.2 Å². The molecule has 2 fully saturated rings. The van der Waals surface area contributed by atoms with Crippen molar-refractivity contribution < 1.29 is 9.59 Å². The maximum atomic E-state index is 12.5. The molecule has 2 aliphatic rings. The molecule has 5 nitrogen and oxygen atoms in total. The SMILES string of the molecule is O=C(CCN1CCCC1)N1CCN(C(=O)c2ccc(Cl)cc2)CC1. The van der Waals surface area contributed by atoms with Crippen molar-refractivity contribution in [2.45, 2.75) is 19.3 Å². The summed E-state index contributed by atoms with van der Waals surface area (Å²) in [7, 11) is 0. The van der Waals surface area contributed by atoms with Gasteiger partial charge >= 0.3 is 0 Å². The van der Waals surface area contributed by atoms with Crippen LogP contribution in [0.15, 0.2) is 24.3 Å². The molecule has 0 bridgehead atoms. The highest BCUT2D eigenvalue weighted by molar-refractivity contribution is 6.30. The summed E-state index contributed by atoms with van der Waals surface area (Å²) >= 11 is 5.86. The van der Waals surface area contributed by atoms with Gasteiger partial charge in [-0.2, -0.15) is 0 Å². The largest absolute Gasteiger partial charge is 0.339 e. The minimum Gasteiger partial charge on any atom is -0.339 e. The quantitative estimate of drug-likeness (QED) is 0.836. The van der Waals surface area contributed by atoms with Crippen LogP contribution in [-0.4, -0.2) is 72.3 Å². The summed E-state index contributed by atoms with van der Waals surface area (Å²) < 4.78 is 0. The number of piperazine rings is 1. The topological polar surface area (TPSA) is 43.9 Å². The fourth-order valence-electron chi connectivity index (χ4n) is 3.35. The molecule has 130 valence electrons. The van der Waals surface area contributed by atoms with E-state index in [1.54, 1.807) is 24.3 Å². The van der Waals surface area contributed by atoms with Gasteiger partial charge in [0.25, 0.3) is 5.91 Å². The Morgan fingerprint density at radius 3 is 2.08 bits per heavy atom. The zero-order chi connectivity index (χ0) is 16.9. The standard InChI is InChI=1S/C18H24ClN3O2/c19-16-5-3-15(4-6-16)18(24)22-13-11-21(12-14-22)17(23)7-10-20-8-1-2-9-20/h3-6H,1-2,7-14H2. The molecule has 24 heavy (non-hydrogen) atoms. The summed E-state index contributed by atoms with van der Waals surface area (Å²) in [6.07, 6.45) is 3.09. The maximum Gasteiger partial charge on any atom is 0.253 e. The second-order valence-corrected chi connectivity index (χ2v) is 6.92. The third-order valence-corrected chi connectivity index (χ3v) is 5.10. The van der Waals surface area contributed by atoms with Gasteiger partial charge in [0.2, 0.25) is 5.91 Å². The van der Waals surface area contributed by atoms with Crippen LogP contribution in [0.2, 0.25) is 5.02 Å². The van der Waals surface area contributed by atoms with E-state index in [0.717, 1.165) is 19.6 Å². The summed E-state index contributed by atoms with van der Waals surface area (Å²) in [6, 6.07) is 6.95. The van der Waals surface area contributed by atoms with E-state index in [9.17, 15) is 9.59 Å². The molecule has 0 unspecified atom stereocenters. The van der Waals surface area contributed by atoms with E-state index in [1.807, 2.05) is 9.80 Å². The Morgan fingerprint density at radius 1 is 0.875 bits per heavy atom. The predicted molar refractivity (Wildman–Crippen MR) is 94.2 cm³/mol. The molecular formula is C18H24ClN3O2. The van der Waals surface area contributed by atoms with E-state index >= 15 is 0 Å². The average molecular weight is 350 g/mol. The zero-order valence-corrected chi connectivity index (χ0v) is 14.7. The van der Waals surface area contributed by atoms with Gasteiger partial charge in [-0.1, -0.05) is 11.6 Å². The maximum absolute atomic E-state index is 12.5. The van der Waals surface area contributed by atoms with Gasteiger partial charge in [-0.25, -0.2) is 0 Å². The molecule has 0 aromatic heterocycles. The lowest BCUT2D eigenvalue weighted by atomic mass is 10.2. The van der Waals surface area contributed by atoms with Crippen molar-refractivity contribution in [3.63, 3.8) is 0 Å². The number of likely N-dealkylation sites (tertiary alicyclic amines) is 1. The first kappa shape index (κ1) is 17.2.